The lowest BCUT2D eigenvalue weighted by atomic mass is 9.82. The second-order valence-electron chi connectivity index (χ2n) is 5.94. The molecule has 19 heavy (non-hydrogen) atoms. The Morgan fingerprint density at radius 1 is 1.47 bits per heavy atom. The van der Waals surface area contributed by atoms with Crippen LogP contribution in [0.1, 0.15) is 37.9 Å². The molecule has 0 amide bonds. The first-order valence-electron chi connectivity index (χ1n) is 6.66. The van der Waals surface area contributed by atoms with Crippen LogP contribution in [0.4, 0.5) is 0 Å². The summed E-state index contributed by atoms with van der Waals surface area (Å²) in [7, 11) is 0. The molecule has 5 heteroatoms. The number of likely N-dealkylation sites (tertiary alicyclic amines) is 1. The highest BCUT2D eigenvalue weighted by atomic mass is 16.4. The minimum atomic E-state index is 0.0768. The highest BCUT2D eigenvalue weighted by molar-refractivity contribution is 5.96. The summed E-state index contributed by atoms with van der Waals surface area (Å²) in [5.41, 5.74) is 7.70. The molecule has 1 saturated heterocycles. The van der Waals surface area contributed by atoms with Gasteiger partial charge in [0.05, 0.1) is 0 Å². The van der Waals surface area contributed by atoms with E-state index in [-0.39, 0.29) is 5.84 Å². The summed E-state index contributed by atoms with van der Waals surface area (Å²) in [4.78, 5) is 6.60. The van der Waals surface area contributed by atoms with Crippen molar-refractivity contribution < 1.29 is 5.21 Å². The van der Waals surface area contributed by atoms with Crippen molar-refractivity contribution in [2.45, 2.75) is 33.2 Å². The summed E-state index contributed by atoms with van der Waals surface area (Å²) < 4.78 is 0. The van der Waals surface area contributed by atoms with Gasteiger partial charge in [0.15, 0.2) is 5.84 Å². The van der Waals surface area contributed by atoms with Crippen LogP contribution in [0.3, 0.4) is 0 Å². The molecule has 1 aliphatic heterocycles. The highest BCUT2D eigenvalue weighted by Gasteiger charge is 2.25. The van der Waals surface area contributed by atoms with Crippen molar-refractivity contribution in [1.29, 1.82) is 0 Å². The number of nitrogens with two attached hydrogens (primary N) is 1. The predicted molar refractivity (Wildman–Crippen MR) is 75.0 cm³/mol. The molecule has 1 aromatic rings. The molecule has 0 aromatic carbocycles. The fourth-order valence-corrected chi connectivity index (χ4v) is 2.40. The number of amidine groups is 1. The molecule has 1 aromatic heterocycles. The van der Waals surface area contributed by atoms with E-state index in [0.29, 0.717) is 11.1 Å². The number of piperidine rings is 1. The number of hydrogen-bond donors (Lipinski definition) is 2. The third kappa shape index (κ3) is 3.44. The van der Waals surface area contributed by atoms with Gasteiger partial charge in [0.1, 0.15) is 5.69 Å². The smallest absolute Gasteiger partial charge is 0.189 e. The van der Waals surface area contributed by atoms with Crippen LogP contribution in [-0.4, -0.2) is 34.0 Å². The number of pyridine rings is 1. The molecule has 5 nitrogen and oxygen atoms in total. The first-order valence-corrected chi connectivity index (χ1v) is 6.66. The maximum atomic E-state index is 8.80. The van der Waals surface area contributed by atoms with E-state index in [4.69, 9.17) is 10.9 Å². The summed E-state index contributed by atoms with van der Waals surface area (Å²) >= 11 is 0. The molecule has 1 fully saturated rings. The topological polar surface area (TPSA) is 74.7 Å². The van der Waals surface area contributed by atoms with Gasteiger partial charge in [-0.25, -0.2) is 0 Å². The summed E-state index contributed by atoms with van der Waals surface area (Å²) in [6, 6.07) is 3.87. The number of hydrogen-bond acceptors (Lipinski definition) is 4. The molecular formula is C14H22N4O. The molecule has 0 saturated carbocycles. The number of nitrogens with zero attached hydrogens (tertiary/aromatic N) is 3. The number of rotatable bonds is 3. The zero-order valence-corrected chi connectivity index (χ0v) is 11.6. The van der Waals surface area contributed by atoms with Crippen molar-refractivity contribution in [3.05, 3.63) is 29.6 Å². The number of oxime groups is 1. The van der Waals surface area contributed by atoms with E-state index >= 15 is 0 Å². The van der Waals surface area contributed by atoms with E-state index in [1.807, 2.05) is 12.1 Å². The van der Waals surface area contributed by atoms with Gasteiger partial charge in [-0.2, -0.15) is 0 Å². The quantitative estimate of drug-likeness (QED) is 0.377. The minimum Gasteiger partial charge on any atom is -0.409 e. The number of aromatic nitrogens is 1. The molecule has 3 N–H and O–H groups in total. The Morgan fingerprint density at radius 2 is 2.16 bits per heavy atom. The zero-order chi connectivity index (χ0) is 13.9. The van der Waals surface area contributed by atoms with Gasteiger partial charge in [0.2, 0.25) is 0 Å². The van der Waals surface area contributed by atoms with Crippen LogP contribution in [0.25, 0.3) is 0 Å². The molecule has 0 unspecified atom stereocenters. The van der Waals surface area contributed by atoms with E-state index in [1.54, 1.807) is 6.20 Å². The van der Waals surface area contributed by atoms with Crippen molar-refractivity contribution in [2.24, 2.45) is 16.3 Å². The predicted octanol–water partition coefficient (Wildman–Crippen LogP) is 1.80. The molecule has 2 rings (SSSR count). The molecule has 0 spiro atoms. The lowest BCUT2D eigenvalue weighted by Gasteiger charge is -2.37. The van der Waals surface area contributed by atoms with Crippen molar-refractivity contribution in [1.82, 2.24) is 9.88 Å². The average molecular weight is 262 g/mol. The fraction of sp³-hybridized carbons (Fsp3) is 0.571. The SMILES string of the molecule is CC1(C)CCN(Cc2cccnc2C(N)=NO)CC1. The van der Waals surface area contributed by atoms with Crippen molar-refractivity contribution >= 4 is 5.84 Å². The molecule has 0 atom stereocenters. The van der Waals surface area contributed by atoms with Gasteiger partial charge in [-0.1, -0.05) is 25.1 Å². The van der Waals surface area contributed by atoms with Gasteiger partial charge in [-0.05, 0) is 43.0 Å². The van der Waals surface area contributed by atoms with Crippen LogP contribution >= 0.6 is 0 Å². The summed E-state index contributed by atoms with van der Waals surface area (Å²) in [6.45, 7) is 7.59. The second-order valence-corrected chi connectivity index (χ2v) is 5.94. The Hall–Kier alpha value is -1.62. The van der Waals surface area contributed by atoms with Crippen molar-refractivity contribution in [3.8, 4) is 0 Å². The maximum Gasteiger partial charge on any atom is 0.189 e. The van der Waals surface area contributed by atoms with Gasteiger partial charge in [0.25, 0.3) is 0 Å². The van der Waals surface area contributed by atoms with Crippen LogP contribution in [0.15, 0.2) is 23.5 Å². The van der Waals surface area contributed by atoms with Gasteiger partial charge < -0.3 is 10.9 Å². The minimum absolute atomic E-state index is 0.0768. The maximum absolute atomic E-state index is 8.80. The van der Waals surface area contributed by atoms with E-state index in [0.717, 1.165) is 25.2 Å². The second kappa shape index (κ2) is 5.57. The molecule has 2 heterocycles. The Bertz CT molecular complexity index is 460. The average Bonchev–Trinajstić information content (AvgIpc) is 2.41. The monoisotopic (exact) mass is 262 g/mol. The molecule has 0 aliphatic carbocycles. The molecular weight excluding hydrogens is 240 g/mol. The Morgan fingerprint density at radius 3 is 2.79 bits per heavy atom. The summed E-state index contributed by atoms with van der Waals surface area (Å²) in [5.74, 6) is 0.0768. The van der Waals surface area contributed by atoms with E-state index in [9.17, 15) is 0 Å². The van der Waals surface area contributed by atoms with E-state index < -0.39 is 0 Å². The first-order chi connectivity index (χ1) is 9.02. The van der Waals surface area contributed by atoms with E-state index in [2.05, 4.69) is 28.9 Å². The third-order valence-electron chi connectivity index (χ3n) is 3.85. The van der Waals surface area contributed by atoms with Crippen molar-refractivity contribution in [3.63, 3.8) is 0 Å². The largest absolute Gasteiger partial charge is 0.409 e. The summed E-state index contributed by atoms with van der Waals surface area (Å²) in [5, 5.41) is 11.8. The fourth-order valence-electron chi connectivity index (χ4n) is 2.40. The Balaban J connectivity index is 2.08. The lowest BCUT2D eigenvalue weighted by Crippen LogP contribution is -2.37. The normalized spacial score (nSPS) is 20.4. The van der Waals surface area contributed by atoms with Crippen LogP contribution in [0.5, 0.6) is 0 Å². The third-order valence-corrected chi connectivity index (χ3v) is 3.85. The van der Waals surface area contributed by atoms with Crippen LogP contribution in [0, 0.1) is 5.41 Å². The van der Waals surface area contributed by atoms with Crippen molar-refractivity contribution in [2.75, 3.05) is 13.1 Å². The Labute approximate surface area is 114 Å². The van der Waals surface area contributed by atoms with E-state index in [1.165, 1.54) is 12.8 Å². The van der Waals surface area contributed by atoms with Gasteiger partial charge in [-0.15, -0.1) is 0 Å². The van der Waals surface area contributed by atoms with Gasteiger partial charge in [0, 0.05) is 12.7 Å². The van der Waals surface area contributed by atoms with Crippen LogP contribution in [-0.2, 0) is 6.54 Å². The first kappa shape index (κ1) is 13.8. The molecule has 104 valence electrons. The summed E-state index contributed by atoms with van der Waals surface area (Å²) in [6.07, 6.45) is 4.06. The molecule has 0 radical (unpaired) electrons. The standard InChI is InChI=1S/C14H22N4O/c1-14(2)5-8-18(9-6-14)10-11-4-3-7-16-12(11)13(15)17-19/h3-4,7,19H,5-6,8-10H2,1-2H3,(H2,15,17). The van der Waals surface area contributed by atoms with Gasteiger partial charge in [-0.3, -0.25) is 9.88 Å². The molecule has 1 aliphatic rings. The molecule has 0 bridgehead atoms. The lowest BCUT2D eigenvalue weighted by molar-refractivity contribution is 0.127. The zero-order valence-electron chi connectivity index (χ0n) is 11.6. The Kier molecular flexibility index (Phi) is 4.04. The van der Waals surface area contributed by atoms with Crippen LogP contribution < -0.4 is 5.73 Å². The van der Waals surface area contributed by atoms with Gasteiger partial charge >= 0.3 is 0 Å². The highest BCUT2D eigenvalue weighted by Crippen LogP contribution is 2.30. The van der Waals surface area contributed by atoms with Crippen LogP contribution in [0.2, 0.25) is 0 Å².